The minimum absolute atomic E-state index is 0.203. The minimum Gasteiger partial charge on any atom is -0.478 e. The second-order valence-corrected chi connectivity index (χ2v) is 6.13. The van der Waals surface area contributed by atoms with Crippen molar-refractivity contribution in [3.05, 3.63) is 65.5 Å². The van der Waals surface area contributed by atoms with E-state index >= 15 is 0 Å². The Bertz CT molecular complexity index is 900. The van der Waals surface area contributed by atoms with Gasteiger partial charge in [0.1, 0.15) is 5.82 Å². The van der Waals surface area contributed by atoms with Gasteiger partial charge in [-0.3, -0.25) is 4.98 Å². The van der Waals surface area contributed by atoms with Gasteiger partial charge in [0.15, 0.2) is 5.82 Å². The monoisotopic (exact) mass is 350 g/mol. The Labute approximate surface area is 152 Å². The van der Waals surface area contributed by atoms with Crippen LogP contribution in [-0.2, 0) is 19.4 Å². The molecule has 0 amide bonds. The van der Waals surface area contributed by atoms with E-state index in [1.165, 1.54) is 6.20 Å². The number of nitrogens with zero attached hydrogens (tertiary/aromatic N) is 4. The minimum atomic E-state index is -0.976. The number of benzene rings is 1. The van der Waals surface area contributed by atoms with E-state index in [-0.39, 0.29) is 5.56 Å². The van der Waals surface area contributed by atoms with Crippen molar-refractivity contribution >= 4 is 5.97 Å². The molecule has 0 bridgehead atoms. The fraction of sp³-hybridized carbons (Fsp3) is 0.300. The molecule has 0 aliphatic rings. The van der Waals surface area contributed by atoms with Crippen molar-refractivity contribution in [3.63, 3.8) is 0 Å². The van der Waals surface area contributed by atoms with Gasteiger partial charge in [0.25, 0.3) is 0 Å². The average Bonchev–Trinajstić information content (AvgIpc) is 3.04. The van der Waals surface area contributed by atoms with Crippen LogP contribution in [0.5, 0.6) is 0 Å². The number of aromatic nitrogens is 4. The summed E-state index contributed by atoms with van der Waals surface area (Å²) in [6, 6.07) is 9.61. The topological polar surface area (TPSA) is 80.9 Å². The molecule has 6 heteroatoms. The normalized spacial score (nSPS) is 10.8. The van der Waals surface area contributed by atoms with Crippen molar-refractivity contribution in [1.29, 1.82) is 0 Å². The number of hydrogen-bond acceptors (Lipinski definition) is 4. The number of hydrogen-bond donors (Lipinski definition) is 1. The molecule has 3 rings (SSSR count). The van der Waals surface area contributed by atoms with Crippen molar-refractivity contribution in [2.24, 2.45) is 0 Å². The highest BCUT2D eigenvalue weighted by Gasteiger charge is 2.12. The molecular formula is C20H22N4O2. The van der Waals surface area contributed by atoms with Gasteiger partial charge >= 0.3 is 5.97 Å². The van der Waals surface area contributed by atoms with E-state index in [4.69, 9.17) is 0 Å². The number of pyridine rings is 1. The van der Waals surface area contributed by atoms with Gasteiger partial charge in [0.05, 0.1) is 12.1 Å². The van der Waals surface area contributed by atoms with Crippen molar-refractivity contribution in [1.82, 2.24) is 19.7 Å². The summed E-state index contributed by atoms with van der Waals surface area (Å²) in [6.45, 7) is 4.85. The number of aromatic carboxylic acids is 1. The zero-order valence-electron chi connectivity index (χ0n) is 15.0. The molecular weight excluding hydrogens is 328 g/mol. The lowest BCUT2D eigenvalue weighted by atomic mass is 10.0. The Morgan fingerprint density at radius 2 is 1.92 bits per heavy atom. The predicted octanol–water partition coefficient (Wildman–Crippen LogP) is 3.60. The van der Waals surface area contributed by atoms with Crippen LogP contribution in [-0.4, -0.2) is 30.8 Å². The summed E-state index contributed by atoms with van der Waals surface area (Å²) in [5.41, 5.74) is 2.83. The standard InChI is InChI=1S/C20H22N4O2/c1-3-5-19-22-18(4-2)23-24(19)13-14-6-8-15(9-7-14)16-10-11-21-12-17(16)20(25)26/h6-12H,3-5,13H2,1-2H3,(H,25,26). The van der Waals surface area contributed by atoms with Gasteiger partial charge in [0.2, 0.25) is 0 Å². The molecule has 0 aliphatic heterocycles. The van der Waals surface area contributed by atoms with E-state index in [2.05, 4.69) is 28.9 Å². The largest absolute Gasteiger partial charge is 0.478 e. The maximum absolute atomic E-state index is 11.4. The maximum atomic E-state index is 11.4. The smallest absolute Gasteiger partial charge is 0.337 e. The second kappa shape index (κ2) is 7.91. The first-order chi connectivity index (χ1) is 12.6. The summed E-state index contributed by atoms with van der Waals surface area (Å²) in [5, 5.41) is 13.9. The van der Waals surface area contributed by atoms with Gasteiger partial charge in [-0.15, -0.1) is 0 Å². The number of rotatable bonds is 7. The molecule has 0 unspecified atom stereocenters. The van der Waals surface area contributed by atoms with Gasteiger partial charge in [-0.1, -0.05) is 38.1 Å². The van der Waals surface area contributed by atoms with Crippen LogP contribution in [0.3, 0.4) is 0 Å². The first-order valence-electron chi connectivity index (χ1n) is 8.81. The third-order valence-electron chi connectivity index (χ3n) is 4.23. The van der Waals surface area contributed by atoms with E-state index < -0.39 is 5.97 Å². The Morgan fingerprint density at radius 1 is 1.15 bits per heavy atom. The number of aryl methyl sites for hydroxylation is 2. The number of carboxylic acid groups (broad SMARTS) is 1. The maximum Gasteiger partial charge on any atom is 0.337 e. The lowest BCUT2D eigenvalue weighted by Crippen LogP contribution is -2.07. The summed E-state index contributed by atoms with van der Waals surface area (Å²) in [5.74, 6) is 0.903. The lowest BCUT2D eigenvalue weighted by molar-refractivity contribution is 0.0697. The molecule has 6 nitrogen and oxygen atoms in total. The van der Waals surface area contributed by atoms with Crippen LogP contribution in [0.15, 0.2) is 42.7 Å². The molecule has 2 heterocycles. The van der Waals surface area contributed by atoms with Crippen molar-refractivity contribution in [2.45, 2.75) is 39.7 Å². The Morgan fingerprint density at radius 3 is 2.58 bits per heavy atom. The highest BCUT2D eigenvalue weighted by atomic mass is 16.4. The fourth-order valence-corrected chi connectivity index (χ4v) is 2.89. The van der Waals surface area contributed by atoms with Gasteiger partial charge in [-0.25, -0.2) is 14.5 Å². The van der Waals surface area contributed by atoms with E-state index in [0.717, 1.165) is 42.0 Å². The average molecular weight is 350 g/mol. The molecule has 0 saturated heterocycles. The summed E-state index contributed by atoms with van der Waals surface area (Å²) in [4.78, 5) is 19.9. The van der Waals surface area contributed by atoms with Crippen LogP contribution in [0, 0.1) is 0 Å². The molecule has 0 spiro atoms. The Hall–Kier alpha value is -3.02. The summed E-state index contributed by atoms with van der Waals surface area (Å²) < 4.78 is 1.96. The number of carboxylic acids is 1. The number of carbonyl (C=O) groups is 1. The van der Waals surface area contributed by atoms with E-state index in [1.54, 1.807) is 12.3 Å². The van der Waals surface area contributed by atoms with Crippen LogP contribution >= 0.6 is 0 Å². The van der Waals surface area contributed by atoms with Gasteiger partial charge in [-0.2, -0.15) is 5.10 Å². The molecule has 26 heavy (non-hydrogen) atoms. The van der Waals surface area contributed by atoms with Crippen molar-refractivity contribution in [2.75, 3.05) is 0 Å². The first-order valence-corrected chi connectivity index (χ1v) is 8.81. The lowest BCUT2D eigenvalue weighted by Gasteiger charge is -2.08. The zero-order chi connectivity index (χ0) is 18.5. The fourth-order valence-electron chi connectivity index (χ4n) is 2.89. The van der Waals surface area contributed by atoms with Crippen LogP contribution in [0.25, 0.3) is 11.1 Å². The van der Waals surface area contributed by atoms with Crippen LogP contribution < -0.4 is 0 Å². The van der Waals surface area contributed by atoms with E-state index in [1.807, 2.05) is 28.9 Å². The molecule has 0 atom stereocenters. The third-order valence-corrected chi connectivity index (χ3v) is 4.23. The quantitative estimate of drug-likeness (QED) is 0.704. The van der Waals surface area contributed by atoms with Crippen LogP contribution in [0.1, 0.15) is 47.8 Å². The second-order valence-electron chi connectivity index (χ2n) is 6.13. The highest BCUT2D eigenvalue weighted by molar-refractivity contribution is 5.95. The third kappa shape index (κ3) is 3.79. The molecule has 1 aromatic carbocycles. The molecule has 134 valence electrons. The van der Waals surface area contributed by atoms with Gasteiger partial charge in [-0.05, 0) is 29.2 Å². The molecule has 2 aromatic heterocycles. The highest BCUT2D eigenvalue weighted by Crippen LogP contribution is 2.23. The summed E-state index contributed by atoms with van der Waals surface area (Å²) in [6.07, 6.45) is 5.74. The Balaban J connectivity index is 1.85. The first kappa shape index (κ1) is 17.8. The zero-order valence-corrected chi connectivity index (χ0v) is 15.0. The van der Waals surface area contributed by atoms with Crippen molar-refractivity contribution in [3.8, 4) is 11.1 Å². The summed E-state index contributed by atoms with van der Waals surface area (Å²) >= 11 is 0. The van der Waals surface area contributed by atoms with Gasteiger partial charge < -0.3 is 5.11 Å². The predicted molar refractivity (Wildman–Crippen MR) is 99.1 cm³/mol. The van der Waals surface area contributed by atoms with E-state index in [9.17, 15) is 9.90 Å². The van der Waals surface area contributed by atoms with Crippen molar-refractivity contribution < 1.29 is 9.90 Å². The molecule has 3 aromatic rings. The summed E-state index contributed by atoms with van der Waals surface area (Å²) in [7, 11) is 0. The van der Waals surface area contributed by atoms with E-state index in [0.29, 0.717) is 12.1 Å². The molecule has 0 radical (unpaired) electrons. The molecule has 0 fully saturated rings. The van der Waals surface area contributed by atoms with Crippen LogP contribution in [0.2, 0.25) is 0 Å². The SMILES string of the molecule is CCCc1nc(CC)nn1Cc1ccc(-c2ccncc2C(=O)O)cc1. The molecule has 0 aliphatic carbocycles. The molecule has 1 N–H and O–H groups in total. The van der Waals surface area contributed by atoms with Gasteiger partial charge in [0, 0.05) is 25.2 Å². The van der Waals surface area contributed by atoms with Crippen LogP contribution in [0.4, 0.5) is 0 Å². The molecule has 0 saturated carbocycles. The Kier molecular flexibility index (Phi) is 5.41.